The lowest BCUT2D eigenvalue weighted by atomic mass is 10.1. The second kappa shape index (κ2) is 40.7. The summed E-state index contributed by atoms with van der Waals surface area (Å²) < 4.78 is 0. The first-order chi connectivity index (χ1) is 46.2. The van der Waals surface area contributed by atoms with Crippen LogP contribution in [0.1, 0.15) is 78.4 Å². The summed E-state index contributed by atoms with van der Waals surface area (Å²) >= 11 is 1.49. The lowest BCUT2D eigenvalue weighted by Crippen LogP contribution is -2.60. The minimum absolute atomic E-state index is 0.113. The molecule has 3 aromatic rings. The molecule has 41 nitrogen and oxygen atoms in total. The number of aliphatic hydroxyl groups is 2. The highest BCUT2D eigenvalue weighted by Gasteiger charge is 2.35. The first-order valence-corrected chi connectivity index (χ1v) is 31.7. The van der Waals surface area contributed by atoms with E-state index >= 15 is 0 Å². The molecule has 14 atom stereocenters. The second-order valence-electron chi connectivity index (χ2n) is 22.4. The number of aromatic nitrogens is 6. The zero-order chi connectivity index (χ0) is 73.5. The largest absolute Gasteiger partial charge is 0.480 e. The number of thioether (sulfide) groups is 1. The summed E-state index contributed by atoms with van der Waals surface area (Å²) in [6, 6.07) is -20.0. The first kappa shape index (κ1) is 81.6. The Morgan fingerprint density at radius 2 is 0.714 bits per heavy atom. The lowest BCUT2D eigenvalue weighted by molar-refractivity contribution is -0.142. The Labute approximate surface area is 563 Å². The summed E-state index contributed by atoms with van der Waals surface area (Å²) in [6.07, 6.45) is 8.82. The van der Waals surface area contributed by atoms with Crippen molar-refractivity contribution < 1.29 is 92.0 Å². The highest BCUT2D eigenvalue weighted by molar-refractivity contribution is 7.98. The van der Waals surface area contributed by atoms with E-state index in [9.17, 15) is 86.9 Å². The van der Waals surface area contributed by atoms with Crippen LogP contribution in [0.5, 0.6) is 0 Å². The topological polar surface area (TPSA) is 640 Å². The highest BCUT2D eigenvalue weighted by Crippen LogP contribution is 2.07. The molecule has 15 amide bonds. The summed E-state index contributed by atoms with van der Waals surface area (Å²) in [5.74, 6) is -15.3. The molecule has 540 valence electrons. The maximum absolute atomic E-state index is 13.9. The van der Waals surface area contributed by atoms with Crippen LogP contribution in [-0.2, 0) is 96.0 Å². The van der Waals surface area contributed by atoms with E-state index < -0.39 is 205 Å². The second-order valence-corrected chi connectivity index (χ2v) is 23.3. The standard InChI is InChI=1S/C56H86N22O19S/c1-24(69-51(91)35(11-31-15-59-21-63-31)74-45(85)26(3)66-44(84)25(2)70-52(92)36(12-32-16-60-22-64-32)76-47(87)28(5)68-49(89)34(57)9-10-98-8)43(83)67-27(4)46(86)75-37(13-33-17-61-23-65-33)53(93)71-29(6)48(88)78-39(19-79)50(90)62-18-42(82)73-40(20-80)55(95)77-38(14-41(58)81)54(94)72-30(7)56(96)97/h15-17,21-30,34-40,79-80H,9-14,18-20,57H2,1-8H3,(H2,58,81)(H,59,63)(H,60,64)(H,61,65)(H,62,90)(H,66,84)(H,67,83)(H,68,89)(H,69,91)(H,70,92)(H,71,93)(H,72,94)(H,73,82)(H,74,85)(H,75,86)(H,76,87)(H,77,95)(H,78,88)(H,96,97)/t24-,25-,26-,27-,28-,29-,30-,34-,35-,36-,37-,38-,39-,40-/m0/s1. The summed E-state index contributed by atoms with van der Waals surface area (Å²) in [5.41, 5.74) is 12.2. The fraction of sp³-hybridized carbons (Fsp3) is 0.554. The number of aromatic amines is 3. The van der Waals surface area contributed by atoms with Crippen LogP contribution < -0.4 is 85.9 Å². The predicted molar refractivity (Wildman–Crippen MR) is 341 cm³/mol. The van der Waals surface area contributed by atoms with Gasteiger partial charge in [-0.2, -0.15) is 11.8 Å². The third-order valence-electron chi connectivity index (χ3n) is 14.2. The molecule has 3 heterocycles. The number of nitrogens with one attached hydrogen (secondary N) is 17. The van der Waals surface area contributed by atoms with Crippen LogP contribution in [-0.4, -0.2) is 256 Å². The van der Waals surface area contributed by atoms with E-state index in [2.05, 4.69) is 99.0 Å². The van der Waals surface area contributed by atoms with Crippen molar-refractivity contribution in [3.05, 3.63) is 54.7 Å². The molecule has 0 aliphatic heterocycles. The van der Waals surface area contributed by atoms with Crippen molar-refractivity contribution in [1.82, 2.24) is 104 Å². The van der Waals surface area contributed by atoms with Crippen LogP contribution in [0.25, 0.3) is 0 Å². The van der Waals surface area contributed by atoms with E-state index in [-0.39, 0.29) is 19.3 Å². The Morgan fingerprint density at radius 1 is 0.418 bits per heavy atom. The zero-order valence-corrected chi connectivity index (χ0v) is 55.5. The Balaban J connectivity index is 1.60. The number of carboxylic acids is 1. The Hall–Kier alpha value is -10.6. The molecule has 0 saturated carbocycles. The average Bonchev–Trinajstić information content (AvgIpc) is 1.95. The van der Waals surface area contributed by atoms with E-state index in [0.717, 1.165) is 6.92 Å². The number of primary amides is 1. The number of imidazole rings is 3. The highest BCUT2D eigenvalue weighted by atomic mass is 32.2. The molecule has 0 spiro atoms. The van der Waals surface area contributed by atoms with Crippen LogP contribution in [0, 0.1) is 0 Å². The SMILES string of the molecule is CSCC[C@H](N)C(=O)N[C@@H](C)C(=O)N[C@@H](Cc1cnc[nH]1)C(=O)N[C@@H](C)C(=O)N[C@@H](C)C(=O)N[C@@H](Cc1cnc[nH]1)C(=O)N[C@@H](C)C(=O)N[C@@H](C)C(=O)N[C@@H](Cc1cnc[nH]1)C(=O)N[C@@H](C)C(=O)N[C@@H](CO)C(=O)NCC(=O)N[C@@H](CO)C(=O)N[C@@H](CC(N)=O)C(=O)N[C@@H](C)C(=O)O. The number of aliphatic hydroxyl groups excluding tert-OH is 2. The van der Waals surface area contributed by atoms with E-state index in [4.69, 9.17) is 16.6 Å². The fourth-order valence-corrected chi connectivity index (χ4v) is 8.84. The number of nitrogens with zero attached hydrogens (tertiary/aromatic N) is 3. The number of carbonyl (C=O) groups is 16. The fourth-order valence-electron chi connectivity index (χ4n) is 8.35. The van der Waals surface area contributed by atoms with Gasteiger partial charge >= 0.3 is 5.97 Å². The van der Waals surface area contributed by atoms with Crippen molar-refractivity contribution in [2.24, 2.45) is 11.5 Å². The van der Waals surface area contributed by atoms with Gasteiger partial charge < -0.3 is 116 Å². The monoisotopic (exact) mass is 1400 g/mol. The van der Waals surface area contributed by atoms with Gasteiger partial charge in [0.25, 0.3) is 0 Å². The molecule has 0 aliphatic carbocycles. The molecule has 0 aliphatic rings. The molecular formula is C56H86N22O19S. The number of aliphatic carboxylic acids is 1. The number of carbonyl (C=O) groups excluding carboxylic acids is 15. The Bertz CT molecular complexity index is 3250. The van der Waals surface area contributed by atoms with Gasteiger partial charge in [0.15, 0.2) is 0 Å². The van der Waals surface area contributed by atoms with Gasteiger partial charge in [-0.05, 0) is 66.9 Å². The van der Waals surface area contributed by atoms with Gasteiger partial charge in [-0.1, -0.05) is 0 Å². The molecule has 3 aromatic heterocycles. The minimum Gasteiger partial charge on any atom is -0.480 e. The smallest absolute Gasteiger partial charge is 0.325 e. The molecule has 24 N–H and O–H groups in total. The number of amides is 15. The molecular weight excluding hydrogens is 1320 g/mol. The van der Waals surface area contributed by atoms with Gasteiger partial charge in [0.2, 0.25) is 88.6 Å². The van der Waals surface area contributed by atoms with Crippen molar-refractivity contribution >= 4 is 106 Å². The summed E-state index contributed by atoms with van der Waals surface area (Å²) in [4.78, 5) is 229. The Kier molecular flexibility index (Phi) is 33.9. The number of hydrogen-bond donors (Lipinski definition) is 22. The Morgan fingerprint density at radius 3 is 1.04 bits per heavy atom. The van der Waals surface area contributed by atoms with Gasteiger partial charge in [0, 0.05) is 54.9 Å². The van der Waals surface area contributed by atoms with E-state index in [1.807, 2.05) is 11.6 Å². The maximum Gasteiger partial charge on any atom is 0.325 e. The zero-order valence-electron chi connectivity index (χ0n) is 54.7. The molecule has 0 unspecified atom stereocenters. The van der Waals surface area contributed by atoms with Crippen molar-refractivity contribution in [2.75, 3.05) is 31.8 Å². The average molecular weight is 1400 g/mol. The number of rotatable bonds is 42. The number of nitrogens with two attached hydrogens (primary N) is 2. The maximum atomic E-state index is 13.9. The predicted octanol–water partition coefficient (Wildman–Crippen LogP) is -10.5. The van der Waals surface area contributed by atoms with E-state index in [1.54, 1.807) is 0 Å². The van der Waals surface area contributed by atoms with Gasteiger partial charge in [-0.3, -0.25) is 76.7 Å². The minimum atomic E-state index is -1.80. The van der Waals surface area contributed by atoms with E-state index in [1.165, 1.54) is 90.9 Å². The van der Waals surface area contributed by atoms with Crippen molar-refractivity contribution in [2.45, 2.75) is 165 Å². The third-order valence-corrected chi connectivity index (χ3v) is 14.8. The molecule has 0 bridgehead atoms. The summed E-state index contributed by atoms with van der Waals surface area (Å²) in [7, 11) is 0. The van der Waals surface area contributed by atoms with Gasteiger partial charge in [0.05, 0.1) is 51.2 Å². The van der Waals surface area contributed by atoms with Crippen LogP contribution >= 0.6 is 11.8 Å². The molecule has 0 fully saturated rings. The van der Waals surface area contributed by atoms with Gasteiger partial charge in [-0.15, -0.1) is 0 Å². The van der Waals surface area contributed by atoms with Crippen LogP contribution in [0.4, 0.5) is 0 Å². The van der Waals surface area contributed by atoms with Gasteiger partial charge in [-0.25, -0.2) is 15.0 Å². The van der Waals surface area contributed by atoms with Crippen molar-refractivity contribution in [3.8, 4) is 0 Å². The molecule has 42 heteroatoms. The molecule has 0 radical (unpaired) electrons. The van der Waals surface area contributed by atoms with Crippen LogP contribution in [0.15, 0.2) is 37.6 Å². The number of H-pyrrole nitrogens is 3. The number of carboxylic acid groups (broad SMARTS) is 1. The molecule has 0 saturated heterocycles. The van der Waals surface area contributed by atoms with Crippen LogP contribution in [0.3, 0.4) is 0 Å². The molecule has 0 aromatic carbocycles. The summed E-state index contributed by atoms with van der Waals surface area (Å²) in [6.45, 7) is 5.68. The quantitative estimate of drug-likeness (QED) is 0.0250. The molecule has 98 heavy (non-hydrogen) atoms. The van der Waals surface area contributed by atoms with Gasteiger partial charge in [0.1, 0.15) is 78.5 Å². The van der Waals surface area contributed by atoms with Crippen molar-refractivity contribution in [1.29, 1.82) is 0 Å². The van der Waals surface area contributed by atoms with Crippen molar-refractivity contribution in [3.63, 3.8) is 0 Å². The lowest BCUT2D eigenvalue weighted by Gasteiger charge is -2.25. The number of hydrogen-bond acceptors (Lipinski definition) is 23. The van der Waals surface area contributed by atoms with Crippen LogP contribution in [0.2, 0.25) is 0 Å². The first-order valence-electron chi connectivity index (χ1n) is 30.3. The molecule has 3 rings (SSSR count). The third kappa shape index (κ3) is 28.0. The van der Waals surface area contributed by atoms with E-state index in [0.29, 0.717) is 29.3 Å². The summed E-state index contributed by atoms with van der Waals surface area (Å²) in [5, 5.41) is 61.5. The normalized spacial score (nSPS) is 15.3.